The fourth-order valence-corrected chi connectivity index (χ4v) is 4.42. The summed E-state index contributed by atoms with van der Waals surface area (Å²) in [4.78, 5) is 6.87. The van der Waals surface area contributed by atoms with Crippen LogP contribution in [-0.4, -0.2) is 63.9 Å². The molecule has 0 amide bonds. The van der Waals surface area contributed by atoms with Crippen molar-refractivity contribution in [1.29, 1.82) is 0 Å². The molecule has 0 saturated carbocycles. The number of imidazole rings is 1. The van der Waals surface area contributed by atoms with Crippen LogP contribution in [0.15, 0.2) is 18.3 Å². The lowest BCUT2D eigenvalue weighted by molar-refractivity contribution is 0.0984. The molecule has 1 aliphatic rings. The minimum Gasteiger partial charge on any atom is -0.377 e. The van der Waals surface area contributed by atoms with Crippen LogP contribution in [-0.2, 0) is 14.5 Å². The van der Waals surface area contributed by atoms with Gasteiger partial charge in [-0.3, -0.25) is 5.10 Å². The number of morpholine rings is 1. The number of H-pyrrole nitrogens is 1. The first kappa shape index (κ1) is 20.1. The number of anilines is 1. The Morgan fingerprint density at radius 1 is 1.31 bits per heavy atom. The van der Waals surface area contributed by atoms with Crippen LogP contribution >= 0.6 is 7.14 Å². The van der Waals surface area contributed by atoms with Crippen LogP contribution in [0.3, 0.4) is 0 Å². The highest BCUT2D eigenvalue weighted by Crippen LogP contribution is 2.58. The lowest BCUT2D eigenvalue weighted by Gasteiger charge is -2.36. The van der Waals surface area contributed by atoms with Crippen molar-refractivity contribution >= 4 is 18.5 Å². The van der Waals surface area contributed by atoms with Crippen LogP contribution in [0.2, 0.25) is 0 Å². The molecule has 3 aromatic rings. The Morgan fingerprint density at radius 2 is 2.07 bits per heavy atom. The van der Waals surface area contributed by atoms with E-state index < -0.39 is 12.3 Å². The zero-order valence-electron chi connectivity index (χ0n) is 17.9. The van der Waals surface area contributed by atoms with E-state index in [2.05, 4.69) is 33.1 Å². The third-order valence-electron chi connectivity index (χ3n) is 6.09. The molecule has 4 rings (SSSR count). The molecule has 0 aromatic carbocycles. The quantitative estimate of drug-likeness (QED) is 0.655. The highest BCUT2D eigenvalue weighted by atomic mass is 31.2. The van der Waals surface area contributed by atoms with Gasteiger partial charge in [0.15, 0.2) is 5.82 Å². The van der Waals surface area contributed by atoms with Crippen molar-refractivity contribution in [1.82, 2.24) is 24.8 Å². The van der Waals surface area contributed by atoms with Gasteiger partial charge in [-0.15, -0.1) is 5.10 Å². The lowest BCUT2D eigenvalue weighted by atomic mass is 10.0. The summed E-state index contributed by atoms with van der Waals surface area (Å²) in [5, 5.41) is 11.7. The summed E-state index contributed by atoms with van der Waals surface area (Å²) < 4.78 is 20.7. The van der Waals surface area contributed by atoms with E-state index in [4.69, 9.17) is 9.84 Å². The Labute approximate surface area is 171 Å². The maximum atomic E-state index is 13.2. The van der Waals surface area contributed by atoms with Crippen LogP contribution < -0.4 is 4.90 Å². The molecule has 0 radical (unpaired) electrons. The highest BCUT2D eigenvalue weighted by molar-refractivity contribution is 7.63. The van der Waals surface area contributed by atoms with Crippen molar-refractivity contribution in [3.63, 3.8) is 0 Å². The van der Waals surface area contributed by atoms with Gasteiger partial charge in [0.2, 0.25) is 0 Å². The third kappa shape index (κ3) is 3.38. The maximum Gasteiger partial charge on any atom is 0.182 e. The first-order valence-corrected chi connectivity index (χ1v) is 12.5. The Bertz CT molecular complexity index is 1100. The number of ether oxygens (including phenoxy) is 1. The van der Waals surface area contributed by atoms with E-state index >= 15 is 0 Å². The van der Waals surface area contributed by atoms with Gasteiger partial charge in [-0.2, -0.15) is 5.10 Å². The number of nitrogens with zero attached hydrogens (tertiary/aromatic N) is 5. The van der Waals surface area contributed by atoms with Crippen LogP contribution in [0.1, 0.15) is 32.0 Å². The molecule has 1 N–H and O–H groups in total. The van der Waals surface area contributed by atoms with E-state index in [0.717, 1.165) is 34.8 Å². The van der Waals surface area contributed by atoms with Crippen LogP contribution in [0, 0.1) is 6.92 Å². The molecule has 0 spiro atoms. The molecule has 0 unspecified atom stereocenters. The second-order valence-electron chi connectivity index (χ2n) is 8.76. The lowest BCUT2D eigenvalue weighted by Crippen LogP contribution is -2.44. The number of aromatic amines is 1. The fraction of sp³-hybridized carbons (Fsp3) is 0.550. The monoisotopic (exact) mass is 416 g/mol. The SMILES string of the molecule is Cc1cc(-c2ncc3c(C(C)(C)P(C)(C)=O)cc(N4CCOC[C@H]4C)nn23)n[nH]1. The number of hydrogen-bond acceptors (Lipinski definition) is 6. The van der Waals surface area contributed by atoms with Crippen molar-refractivity contribution < 1.29 is 9.30 Å². The van der Waals surface area contributed by atoms with E-state index in [0.29, 0.717) is 19.0 Å². The molecule has 29 heavy (non-hydrogen) atoms. The van der Waals surface area contributed by atoms with Gasteiger partial charge in [-0.1, -0.05) is 0 Å². The summed E-state index contributed by atoms with van der Waals surface area (Å²) in [6, 6.07) is 4.24. The minimum absolute atomic E-state index is 0.208. The molecule has 1 fully saturated rings. The first-order chi connectivity index (χ1) is 13.6. The zero-order valence-corrected chi connectivity index (χ0v) is 18.8. The predicted molar refractivity (Wildman–Crippen MR) is 115 cm³/mol. The van der Waals surface area contributed by atoms with Crippen molar-refractivity contribution in [2.75, 3.05) is 38.0 Å². The van der Waals surface area contributed by atoms with Gasteiger partial charge in [-0.25, -0.2) is 9.50 Å². The number of rotatable bonds is 4. The topological polar surface area (TPSA) is 88.4 Å². The average molecular weight is 416 g/mol. The maximum absolute atomic E-state index is 13.2. The zero-order chi connectivity index (χ0) is 21.0. The molecule has 8 nitrogen and oxygen atoms in total. The number of aryl methyl sites for hydroxylation is 1. The van der Waals surface area contributed by atoms with Crippen LogP contribution in [0.5, 0.6) is 0 Å². The second kappa shape index (κ2) is 6.96. The first-order valence-electron chi connectivity index (χ1n) is 9.90. The summed E-state index contributed by atoms with van der Waals surface area (Å²) in [6.45, 7) is 13.9. The summed E-state index contributed by atoms with van der Waals surface area (Å²) in [5.41, 5.74) is 3.55. The molecule has 1 aliphatic heterocycles. The van der Waals surface area contributed by atoms with Gasteiger partial charge in [0, 0.05) is 17.4 Å². The third-order valence-corrected chi connectivity index (χ3v) is 9.03. The number of fused-ring (bicyclic) bond motifs is 1. The smallest absolute Gasteiger partial charge is 0.182 e. The normalized spacial score (nSPS) is 18.6. The predicted octanol–water partition coefficient (Wildman–Crippen LogP) is 3.51. The summed E-state index contributed by atoms with van der Waals surface area (Å²) >= 11 is 0. The van der Waals surface area contributed by atoms with E-state index in [1.165, 1.54) is 0 Å². The minimum atomic E-state index is -2.46. The molecule has 1 atom stereocenters. The summed E-state index contributed by atoms with van der Waals surface area (Å²) in [6.07, 6.45) is 1.81. The van der Waals surface area contributed by atoms with Crippen molar-refractivity contribution in [3.8, 4) is 11.5 Å². The molecule has 9 heteroatoms. The Balaban J connectivity index is 1.98. The molecule has 0 aliphatic carbocycles. The molecule has 156 valence electrons. The van der Waals surface area contributed by atoms with E-state index in [1.807, 2.05) is 50.9 Å². The van der Waals surface area contributed by atoms with Crippen LogP contribution in [0.4, 0.5) is 5.82 Å². The average Bonchev–Trinajstić information content (AvgIpc) is 3.26. The fourth-order valence-electron chi connectivity index (χ4n) is 3.66. The number of nitrogens with one attached hydrogen (secondary N) is 1. The van der Waals surface area contributed by atoms with Gasteiger partial charge in [-0.05, 0) is 58.7 Å². The molecular weight excluding hydrogens is 387 g/mol. The second-order valence-corrected chi connectivity index (χ2v) is 12.6. The van der Waals surface area contributed by atoms with E-state index in [-0.39, 0.29) is 6.04 Å². The van der Waals surface area contributed by atoms with E-state index in [9.17, 15) is 4.57 Å². The van der Waals surface area contributed by atoms with Gasteiger partial charge < -0.3 is 14.2 Å². The Kier molecular flexibility index (Phi) is 4.82. The Morgan fingerprint density at radius 3 is 2.69 bits per heavy atom. The van der Waals surface area contributed by atoms with Crippen LogP contribution in [0.25, 0.3) is 17.0 Å². The highest BCUT2D eigenvalue weighted by Gasteiger charge is 2.37. The van der Waals surface area contributed by atoms with Crippen molar-refractivity contribution in [3.05, 3.63) is 29.6 Å². The summed E-state index contributed by atoms with van der Waals surface area (Å²) in [5.74, 6) is 1.52. The summed E-state index contributed by atoms with van der Waals surface area (Å²) in [7, 11) is -2.46. The van der Waals surface area contributed by atoms with Gasteiger partial charge in [0.1, 0.15) is 11.5 Å². The largest absolute Gasteiger partial charge is 0.377 e. The van der Waals surface area contributed by atoms with Gasteiger partial charge >= 0.3 is 0 Å². The van der Waals surface area contributed by atoms with E-state index in [1.54, 1.807) is 0 Å². The molecule has 3 aromatic heterocycles. The Hall–Kier alpha value is -2.18. The number of hydrogen-bond donors (Lipinski definition) is 1. The molecule has 0 bridgehead atoms. The number of aromatic nitrogens is 5. The molecule has 1 saturated heterocycles. The van der Waals surface area contributed by atoms with Crippen molar-refractivity contribution in [2.24, 2.45) is 0 Å². The van der Waals surface area contributed by atoms with Gasteiger partial charge in [0.25, 0.3) is 0 Å². The molecular formula is C20H29N6O2P. The van der Waals surface area contributed by atoms with Crippen molar-refractivity contribution in [2.45, 2.75) is 38.9 Å². The molecule has 4 heterocycles. The van der Waals surface area contributed by atoms with Gasteiger partial charge in [0.05, 0.1) is 38.1 Å². The standard InChI is InChI=1S/C20H29N6O2P/c1-13-9-16(23-22-13)19-21-11-17-15(20(3,4)29(5,6)27)10-18(24-26(17)19)25-7-8-28-12-14(25)2/h9-11,14H,7-8,12H2,1-6H3,(H,22,23)/t14-/m1/s1.